The first-order valence-electron chi connectivity index (χ1n) is 5.44. The summed E-state index contributed by atoms with van der Waals surface area (Å²) in [5, 5.41) is 1.14. The van der Waals surface area contributed by atoms with Gasteiger partial charge in [-0.15, -0.1) is 0 Å². The minimum absolute atomic E-state index is 0.545. The molecule has 2 aromatic carbocycles. The summed E-state index contributed by atoms with van der Waals surface area (Å²) in [4.78, 5) is 0. The second kappa shape index (κ2) is 5.55. The van der Waals surface area contributed by atoms with E-state index in [1.807, 2.05) is 6.07 Å². The molecule has 0 radical (unpaired) electrons. The smallest absolute Gasteiger partial charge is 0.166 e. The summed E-state index contributed by atoms with van der Waals surface area (Å²) in [6.07, 6.45) is -4.31. The molecule has 0 fully saturated rings. The second-order valence-corrected chi connectivity index (χ2v) is 4.94. The fraction of sp³-hybridized carbons (Fsp3) is 0.143. The average Bonchev–Trinajstić information content (AvgIpc) is 2.37. The number of halogens is 5. The molecule has 0 spiro atoms. The molecule has 0 saturated carbocycles. The summed E-state index contributed by atoms with van der Waals surface area (Å²) in [5.41, 5.74) is 1.76. The van der Waals surface area contributed by atoms with Gasteiger partial charge in [0.05, 0.1) is 5.56 Å². The molecular weight excluding hydrogens is 341 g/mol. The van der Waals surface area contributed by atoms with Crippen LogP contribution in [0.1, 0.15) is 11.1 Å². The van der Waals surface area contributed by atoms with Crippen LogP contribution in [0.4, 0.5) is 13.2 Å². The zero-order chi connectivity index (χ0) is 14.0. The lowest BCUT2D eigenvalue weighted by Gasteiger charge is -2.11. The number of rotatable bonds is 2. The van der Waals surface area contributed by atoms with Crippen molar-refractivity contribution < 1.29 is 13.2 Å². The van der Waals surface area contributed by atoms with Crippen LogP contribution in [0.3, 0.4) is 0 Å². The molecule has 0 unspecified atom stereocenters. The molecule has 0 aromatic heterocycles. The molecule has 5 heteroatoms. The van der Waals surface area contributed by atoms with Gasteiger partial charge in [0.25, 0.3) is 0 Å². The molecule has 0 bridgehead atoms. The predicted molar refractivity (Wildman–Crippen MR) is 74.5 cm³/mol. The zero-order valence-electron chi connectivity index (χ0n) is 9.64. The monoisotopic (exact) mass is 348 g/mol. The minimum atomic E-state index is -4.31. The van der Waals surface area contributed by atoms with Gasteiger partial charge in [-0.05, 0) is 34.9 Å². The summed E-state index contributed by atoms with van der Waals surface area (Å²) in [7, 11) is 0. The Kier molecular flexibility index (Phi) is 4.21. The molecule has 0 aliphatic heterocycles. The Morgan fingerprint density at radius 1 is 1.00 bits per heavy atom. The number of hydrogen-bond acceptors (Lipinski definition) is 0. The Bertz CT molecular complexity index is 576. The Morgan fingerprint density at radius 3 is 2.16 bits per heavy atom. The van der Waals surface area contributed by atoms with Crippen molar-refractivity contribution in [2.45, 2.75) is 11.5 Å². The van der Waals surface area contributed by atoms with Crippen LogP contribution in [0.2, 0.25) is 5.02 Å². The van der Waals surface area contributed by atoms with E-state index in [-0.39, 0.29) is 0 Å². The molecule has 0 amide bonds. The van der Waals surface area contributed by atoms with Gasteiger partial charge in [-0.2, -0.15) is 13.2 Å². The Labute approximate surface area is 122 Å². The van der Waals surface area contributed by atoms with Crippen LogP contribution in [-0.4, -0.2) is 0 Å². The van der Waals surface area contributed by atoms with E-state index in [0.29, 0.717) is 15.9 Å². The van der Waals surface area contributed by atoms with Crippen molar-refractivity contribution in [3.05, 3.63) is 58.6 Å². The molecule has 19 heavy (non-hydrogen) atoms. The fourth-order valence-corrected chi connectivity index (χ4v) is 2.81. The highest BCUT2D eigenvalue weighted by atomic mass is 79.9. The maximum Gasteiger partial charge on any atom is 0.416 e. The van der Waals surface area contributed by atoms with E-state index in [4.69, 9.17) is 11.6 Å². The van der Waals surface area contributed by atoms with E-state index >= 15 is 0 Å². The van der Waals surface area contributed by atoms with E-state index in [0.717, 1.165) is 23.3 Å². The molecule has 0 atom stereocenters. The molecule has 0 N–H and O–H groups in total. The van der Waals surface area contributed by atoms with Gasteiger partial charge in [0.2, 0.25) is 0 Å². The summed E-state index contributed by atoms with van der Waals surface area (Å²) >= 11 is 9.41. The average molecular weight is 350 g/mol. The molecule has 0 nitrogen and oxygen atoms in total. The quantitative estimate of drug-likeness (QED) is 0.590. The van der Waals surface area contributed by atoms with Crippen molar-refractivity contribution in [1.82, 2.24) is 0 Å². The summed E-state index contributed by atoms with van der Waals surface area (Å²) in [6.45, 7) is 0. The van der Waals surface area contributed by atoms with Crippen LogP contribution in [0.25, 0.3) is 11.1 Å². The highest BCUT2D eigenvalue weighted by Crippen LogP contribution is 2.34. The van der Waals surface area contributed by atoms with Gasteiger partial charge in [0.15, 0.2) is 0 Å². The van der Waals surface area contributed by atoms with E-state index in [1.165, 1.54) is 12.1 Å². The first kappa shape index (κ1) is 14.4. The molecule has 2 aromatic rings. The highest BCUT2D eigenvalue weighted by Gasteiger charge is 2.30. The van der Waals surface area contributed by atoms with Gasteiger partial charge in [0.1, 0.15) is 0 Å². The zero-order valence-corrected chi connectivity index (χ0v) is 12.0. The van der Waals surface area contributed by atoms with Crippen LogP contribution in [0.15, 0.2) is 42.5 Å². The maximum absolute atomic E-state index is 12.5. The van der Waals surface area contributed by atoms with Gasteiger partial charge >= 0.3 is 6.18 Å². The third-order valence-electron chi connectivity index (χ3n) is 2.78. The first-order valence-corrected chi connectivity index (χ1v) is 6.94. The molecular formula is C14H9BrClF3. The van der Waals surface area contributed by atoms with E-state index in [2.05, 4.69) is 15.9 Å². The van der Waals surface area contributed by atoms with E-state index in [1.54, 1.807) is 12.1 Å². The number of alkyl halides is 4. The lowest BCUT2D eigenvalue weighted by molar-refractivity contribution is -0.137. The standard InChI is InChI=1S/C14H9BrClF3/c15-8-12-11(2-1-3-13(12)16)9-4-6-10(7-5-9)14(17,18)19/h1-7H,8H2. The van der Waals surface area contributed by atoms with Gasteiger partial charge < -0.3 is 0 Å². The topological polar surface area (TPSA) is 0 Å². The van der Waals surface area contributed by atoms with Crippen molar-refractivity contribution in [3.63, 3.8) is 0 Å². The van der Waals surface area contributed by atoms with Crippen LogP contribution in [0.5, 0.6) is 0 Å². The fourth-order valence-electron chi connectivity index (χ4n) is 1.80. The SMILES string of the molecule is FC(F)(F)c1ccc(-c2cccc(Cl)c2CBr)cc1. The van der Waals surface area contributed by atoms with E-state index in [9.17, 15) is 13.2 Å². The van der Waals surface area contributed by atoms with Crippen molar-refractivity contribution in [2.24, 2.45) is 0 Å². The van der Waals surface area contributed by atoms with Gasteiger partial charge in [-0.3, -0.25) is 0 Å². The van der Waals surface area contributed by atoms with Gasteiger partial charge in [-0.25, -0.2) is 0 Å². The second-order valence-electron chi connectivity index (χ2n) is 3.97. The van der Waals surface area contributed by atoms with Crippen LogP contribution in [0, 0.1) is 0 Å². The third-order valence-corrected chi connectivity index (χ3v) is 3.69. The van der Waals surface area contributed by atoms with Crippen molar-refractivity contribution in [2.75, 3.05) is 0 Å². The van der Waals surface area contributed by atoms with Gasteiger partial charge in [-0.1, -0.05) is 51.8 Å². The lowest BCUT2D eigenvalue weighted by Crippen LogP contribution is -2.04. The normalized spacial score (nSPS) is 11.6. The number of hydrogen-bond donors (Lipinski definition) is 0. The summed E-state index contributed by atoms with van der Waals surface area (Å²) in [6, 6.07) is 10.4. The van der Waals surface area contributed by atoms with Crippen LogP contribution < -0.4 is 0 Å². The molecule has 0 aliphatic carbocycles. The lowest BCUT2D eigenvalue weighted by atomic mass is 9.99. The molecule has 0 heterocycles. The number of benzene rings is 2. The Morgan fingerprint density at radius 2 is 1.63 bits per heavy atom. The van der Waals surface area contributed by atoms with E-state index < -0.39 is 11.7 Å². The summed E-state index contributed by atoms with van der Waals surface area (Å²) < 4.78 is 37.5. The van der Waals surface area contributed by atoms with Crippen molar-refractivity contribution in [1.29, 1.82) is 0 Å². The first-order chi connectivity index (χ1) is 8.93. The maximum atomic E-state index is 12.5. The van der Waals surface area contributed by atoms with Crippen molar-refractivity contribution >= 4 is 27.5 Å². The molecule has 2 rings (SSSR count). The Hall–Kier alpha value is -1.000. The largest absolute Gasteiger partial charge is 0.416 e. The Balaban J connectivity index is 2.46. The highest BCUT2D eigenvalue weighted by molar-refractivity contribution is 9.08. The molecule has 100 valence electrons. The third kappa shape index (κ3) is 3.12. The minimum Gasteiger partial charge on any atom is -0.166 e. The van der Waals surface area contributed by atoms with Gasteiger partial charge in [0, 0.05) is 10.4 Å². The predicted octanol–water partition coefficient (Wildman–Crippen LogP) is 5.92. The molecule has 0 saturated heterocycles. The molecule has 0 aliphatic rings. The summed E-state index contributed by atoms with van der Waals surface area (Å²) in [5.74, 6) is 0. The van der Waals surface area contributed by atoms with Crippen LogP contribution >= 0.6 is 27.5 Å². The van der Waals surface area contributed by atoms with Crippen LogP contribution in [-0.2, 0) is 11.5 Å². The van der Waals surface area contributed by atoms with Crippen molar-refractivity contribution in [3.8, 4) is 11.1 Å².